The van der Waals surface area contributed by atoms with E-state index >= 15 is 0 Å². The van der Waals surface area contributed by atoms with Crippen LogP contribution in [0.25, 0.3) is 5.57 Å². The zero-order valence-electron chi connectivity index (χ0n) is 12.9. The van der Waals surface area contributed by atoms with Crippen molar-refractivity contribution in [3.8, 4) is 0 Å². The second-order valence-corrected chi connectivity index (χ2v) is 5.61. The van der Waals surface area contributed by atoms with Gasteiger partial charge in [-0.2, -0.15) is 0 Å². The largest absolute Gasteiger partial charge is 0.377 e. The zero-order chi connectivity index (χ0) is 15.5. The van der Waals surface area contributed by atoms with E-state index in [0.717, 1.165) is 23.1 Å². The molecule has 22 heavy (non-hydrogen) atoms. The van der Waals surface area contributed by atoms with E-state index < -0.39 is 0 Å². The van der Waals surface area contributed by atoms with Crippen LogP contribution in [0.15, 0.2) is 72.4 Å². The maximum atomic E-state index is 12.8. The van der Waals surface area contributed by atoms with Crippen LogP contribution in [0.2, 0.25) is 0 Å². The first-order chi connectivity index (χ1) is 10.7. The third kappa shape index (κ3) is 2.60. The minimum absolute atomic E-state index is 0.0775. The predicted octanol–water partition coefficient (Wildman–Crippen LogP) is 4.15. The Morgan fingerprint density at radius 1 is 0.955 bits per heavy atom. The molecule has 1 aliphatic rings. The number of benzene rings is 2. The van der Waals surface area contributed by atoms with Gasteiger partial charge in [0.1, 0.15) is 0 Å². The van der Waals surface area contributed by atoms with Crippen molar-refractivity contribution in [1.82, 2.24) is 4.90 Å². The summed E-state index contributed by atoms with van der Waals surface area (Å²) in [7, 11) is 4.07. The number of hydrogen-bond donors (Lipinski definition) is 0. The highest BCUT2D eigenvalue weighted by molar-refractivity contribution is 6.11. The third-order valence-corrected chi connectivity index (χ3v) is 3.92. The first-order valence-electron chi connectivity index (χ1n) is 7.44. The van der Waals surface area contributed by atoms with Crippen molar-refractivity contribution in [2.45, 2.75) is 6.42 Å². The molecule has 1 aliphatic carbocycles. The number of carbonyl (C=O) groups excluding carboxylic acids is 1. The average molecular weight is 289 g/mol. The van der Waals surface area contributed by atoms with Gasteiger partial charge in [0, 0.05) is 30.9 Å². The van der Waals surface area contributed by atoms with E-state index in [9.17, 15) is 4.79 Å². The number of rotatable bonds is 4. The van der Waals surface area contributed by atoms with Crippen LogP contribution in [0.1, 0.15) is 27.9 Å². The molecule has 3 rings (SSSR count). The molecule has 0 aromatic heterocycles. The van der Waals surface area contributed by atoms with Gasteiger partial charge in [-0.1, -0.05) is 60.7 Å². The molecule has 0 spiro atoms. The summed E-state index contributed by atoms with van der Waals surface area (Å²) in [6, 6.07) is 17.4. The average Bonchev–Trinajstić information content (AvgIpc) is 3.05. The number of likely N-dealkylation sites (N-methyl/N-ethyl adjacent to an activating group) is 1. The van der Waals surface area contributed by atoms with Crippen LogP contribution in [0.5, 0.6) is 0 Å². The van der Waals surface area contributed by atoms with Crippen LogP contribution in [0, 0.1) is 0 Å². The monoisotopic (exact) mass is 289 g/mol. The van der Waals surface area contributed by atoms with Crippen LogP contribution in [-0.2, 0) is 0 Å². The molecular weight excluding hydrogens is 270 g/mol. The highest BCUT2D eigenvalue weighted by atomic mass is 16.1. The van der Waals surface area contributed by atoms with E-state index in [0.29, 0.717) is 0 Å². The second-order valence-electron chi connectivity index (χ2n) is 5.61. The molecule has 0 aliphatic heterocycles. The fourth-order valence-electron chi connectivity index (χ4n) is 2.85. The quantitative estimate of drug-likeness (QED) is 0.788. The number of hydrogen-bond acceptors (Lipinski definition) is 2. The van der Waals surface area contributed by atoms with E-state index in [2.05, 4.69) is 17.1 Å². The van der Waals surface area contributed by atoms with Gasteiger partial charge in [-0.25, -0.2) is 0 Å². The normalized spacial score (nSPS) is 13.5. The van der Waals surface area contributed by atoms with E-state index in [1.165, 1.54) is 11.3 Å². The molecule has 2 nitrogen and oxygen atoms in total. The third-order valence-electron chi connectivity index (χ3n) is 3.92. The highest BCUT2D eigenvalue weighted by Crippen LogP contribution is 2.32. The Morgan fingerprint density at radius 2 is 1.64 bits per heavy atom. The summed E-state index contributed by atoms with van der Waals surface area (Å²) in [4.78, 5) is 14.9. The standard InChI is InChI=1S/C20H19NO/c1-21(2)19-14-8-13-17(19)16-11-6-7-12-18(16)20(22)15-9-4-3-5-10-15/h3-12,14H,13H2,1-2H3. The van der Waals surface area contributed by atoms with E-state index in [1.807, 2.05) is 68.7 Å². The summed E-state index contributed by atoms with van der Waals surface area (Å²) in [6.45, 7) is 0. The molecule has 0 amide bonds. The molecule has 0 saturated carbocycles. The minimum atomic E-state index is 0.0775. The number of ketones is 1. The number of carbonyl (C=O) groups is 1. The van der Waals surface area contributed by atoms with Crippen molar-refractivity contribution in [1.29, 1.82) is 0 Å². The molecule has 0 saturated heterocycles. The Labute approximate surface area is 131 Å². The number of allylic oxidation sites excluding steroid dienone is 3. The molecule has 0 N–H and O–H groups in total. The Kier molecular flexibility index (Phi) is 3.92. The van der Waals surface area contributed by atoms with Crippen LogP contribution < -0.4 is 0 Å². The van der Waals surface area contributed by atoms with Gasteiger partial charge in [0.05, 0.1) is 0 Å². The lowest BCUT2D eigenvalue weighted by Crippen LogP contribution is -2.11. The van der Waals surface area contributed by atoms with Gasteiger partial charge in [-0.3, -0.25) is 4.79 Å². The van der Waals surface area contributed by atoms with Gasteiger partial charge in [0.2, 0.25) is 0 Å². The summed E-state index contributed by atoms with van der Waals surface area (Å²) in [5.74, 6) is 0.0775. The van der Waals surface area contributed by atoms with Gasteiger partial charge in [-0.15, -0.1) is 0 Å². The van der Waals surface area contributed by atoms with Crippen LogP contribution in [0.4, 0.5) is 0 Å². The van der Waals surface area contributed by atoms with E-state index in [4.69, 9.17) is 0 Å². The van der Waals surface area contributed by atoms with Crippen molar-refractivity contribution < 1.29 is 4.79 Å². The van der Waals surface area contributed by atoms with Gasteiger partial charge < -0.3 is 4.90 Å². The highest BCUT2D eigenvalue weighted by Gasteiger charge is 2.19. The van der Waals surface area contributed by atoms with Gasteiger partial charge in [0.25, 0.3) is 0 Å². The fraction of sp³-hybridized carbons (Fsp3) is 0.150. The molecule has 110 valence electrons. The lowest BCUT2D eigenvalue weighted by atomic mass is 9.92. The van der Waals surface area contributed by atoms with Gasteiger partial charge >= 0.3 is 0 Å². The molecule has 0 atom stereocenters. The molecular formula is C20H19NO. The zero-order valence-corrected chi connectivity index (χ0v) is 12.9. The molecule has 0 unspecified atom stereocenters. The lowest BCUT2D eigenvalue weighted by molar-refractivity contribution is 0.103. The SMILES string of the molecule is CN(C)C1=C(c2ccccc2C(=O)c2ccccc2)CC=C1. The summed E-state index contributed by atoms with van der Waals surface area (Å²) < 4.78 is 0. The summed E-state index contributed by atoms with van der Waals surface area (Å²) in [5.41, 5.74) is 4.92. The summed E-state index contributed by atoms with van der Waals surface area (Å²) >= 11 is 0. The van der Waals surface area contributed by atoms with E-state index in [-0.39, 0.29) is 5.78 Å². The second kappa shape index (κ2) is 6.02. The van der Waals surface area contributed by atoms with Crippen molar-refractivity contribution in [2.75, 3.05) is 14.1 Å². The van der Waals surface area contributed by atoms with Crippen molar-refractivity contribution in [3.63, 3.8) is 0 Å². The molecule has 0 radical (unpaired) electrons. The summed E-state index contributed by atoms with van der Waals surface area (Å²) in [6.07, 6.45) is 5.14. The molecule has 0 bridgehead atoms. The molecule has 0 heterocycles. The Bertz CT molecular complexity index is 754. The van der Waals surface area contributed by atoms with Crippen LogP contribution in [-0.4, -0.2) is 24.8 Å². The van der Waals surface area contributed by atoms with Crippen molar-refractivity contribution >= 4 is 11.4 Å². The fourth-order valence-corrected chi connectivity index (χ4v) is 2.85. The van der Waals surface area contributed by atoms with Crippen molar-refractivity contribution in [2.24, 2.45) is 0 Å². The molecule has 2 heteroatoms. The number of nitrogens with zero attached hydrogens (tertiary/aromatic N) is 1. The lowest BCUT2D eigenvalue weighted by Gasteiger charge is -2.17. The minimum Gasteiger partial charge on any atom is -0.377 e. The first-order valence-corrected chi connectivity index (χ1v) is 7.44. The summed E-state index contributed by atoms with van der Waals surface area (Å²) in [5, 5.41) is 0. The molecule has 2 aromatic rings. The molecule has 0 fully saturated rings. The maximum Gasteiger partial charge on any atom is 0.193 e. The van der Waals surface area contributed by atoms with Gasteiger partial charge in [-0.05, 0) is 23.6 Å². The van der Waals surface area contributed by atoms with Crippen LogP contribution >= 0.6 is 0 Å². The molecule has 2 aromatic carbocycles. The maximum absolute atomic E-state index is 12.8. The Morgan fingerprint density at radius 3 is 2.36 bits per heavy atom. The van der Waals surface area contributed by atoms with E-state index in [1.54, 1.807) is 0 Å². The smallest absolute Gasteiger partial charge is 0.193 e. The Hall–Kier alpha value is -2.61. The van der Waals surface area contributed by atoms with Crippen LogP contribution in [0.3, 0.4) is 0 Å². The predicted molar refractivity (Wildman–Crippen MR) is 90.7 cm³/mol. The van der Waals surface area contributed by atoms with Crippen molar-refractivity contribution in [3.05, 3.63) is 89.1 Å². The first kappa shape index (κ1) is 14.3. The topological polar surface area (TPSA) is 20.3 Å². The van der Waals surface area contributed by atoms with Gasteiger partial charge in [0.15, 0.2) is 5.78 Å². The Balaban J connectivity index is 2.09.